The van der Waals surface area contributed by atoms with Crippen molar-refractivity contribution in [2.45, 2.75) is 46.1 Å². The van der Waals surface area contributed by atoms with Gasteiger partial charge in [-0.15, -0.1) is 0 Å². The second-order valence-electron chi connectivity index (χ2n) is 6.50. The normalized spacial score (nSPS) is 13.7. The van der Waals surface area contributed by atoms with Gasteiger partial charge in [-0.05, 0) is 41.0 Å². The van der Waals surface area contributed by atoms with E-state index in [-0.39, 0.29) is 11.5 Å². The predicted molar refractivity (Wildman–Crippen MR) is 84.3 cm³/mol. The number of hydrogen-bond donors (Lipinski definition) is 1. The number of rotatable bonds is 4. The van der Waals surface area contributed by atoms with Crippen molar-refractivity contribution < 1.29 is 0 Å². The van der Waals surface area contributed by atoms with E-state index in [9.17, 15) is 0 Å². The van der Waals surface area contributed by atoms with E-state index in [1.165, 1.54) is 16.3 Å². The molecule has 1 nitrogen and oxygen atoms in total. The Morgan fingerprint density at radius 1 is 1.00 bits per heavy atom. The molecular weight excluding hydrogens is 230 g/mol. The lowest BCUT2D eigenvalue weighted by Crippen LogP contribution is -2.34. The van der Waals surface area contributed by atoms with Gasteiger partial charge in [0.15, 0.2) is 0 Å². The molecule has 1 heteroatoms. The lowest BCUT2D eigenvalue weighted by Gasteiger charge is -2.27. The van der Waals surface area contributed by atoms with Crippen molar-refractivity contribution in [1.29, 1.82) is 0 Å². The number of aryl methyl sites for hydroxylation is 1. The van der Waals surface area contributed by atoms with Crippen LogP contribution in [0.4, 0.5) is 0 Å². The zero-order chi connectivity index (χ0) is 13.9. The van der Waals surface area contributed by atoms with E-state index in [4.69, 9.17) is 5.73 Å². The first kappa shape index (κ1) is 14.1. The quantitative estimate of drug-likeness (QED) is 0.853. The SMILES string of the molecule is CC(C)(C)C(N)CCCc1cccc2ccccc12. The monoisotopic (exact) mass is 255 g/mol. The molecule has 0 bridgehead atoms. The molecule has 0 amide bonds. The average Bonchev–Trinajstić information content (AvgIpc) is 2.38. The molecule has 102 valence electrons. The van der Waals surface area contributed by atoms with Crippen LogP contribution in [0.2, 0.25) is 0 Å². The van der Waals surface area contributed by atoms with Crippen molar-refractivity contribution in [3.63, 3.8) is 0 Å². The maximum atomic E-state index is 6.23. The Kier molecular flexibility index (Phi) is 4.26. The van der Waals surface area contributed by atoms with Gasteiger partial charge >= 0.3 is 0 Å². The fourth-order valence-corrected chi connectivity index (χ4v) is 2.46. The third-order valence-electron chi connectivity index (χ3n) is 3.95. The van der Waals surface area contributed by atoms with Gasteiger partial charge in [0, 0.05) is 6.04 Å². The van der Waals surface area contributed by atoms with Crippen molar-refractivity contribution >= 4 is 10.8 Å². The fourth-order valence-electron chi connectivity index (χ4n) is 2.46. The minimum atomic E-state index is 0.207. The van der Waals surface area contributed by atoms with Crippen LogP contribution < -0.4 is 5.73 Å². The smallest absolute Gasteiger partial charge is 0.00877 e. The van der Waals surface area contributed by atoms with Crippen molar-refractivity contribution in [2.75, 3.05) is 0 Å². The fraction of sp³-hybridized carbons (Fsp3) is 0.444. The van der Waals surface area contributed by atoms with Crippen LogP contribution in [0.15, 0.2) is 42.5 Å². The maximum Gasteiger partial charge on any atom is 0.00877 e. The Morgan fingerprint density at radius 3 is 2.42 bits per heavy atom. The van der Waals surface area contributed by atoms with E-state index >= 15 is 0 Å². The third-order valence-corrected chi connectivity index (χ3v) is 3.95. The molecule has 0 saturated carbocycles. The molecule has 0 fully saturated rings. The van der Waals surface area contributed by atoms with E-state index in [1.54, 1.807) is 0 Å². The van der Waals surface area contributed by atoms with E-state index < -0.39 is 0 Å². The molecular formula is C18H25N. The summed E-state index contributed by atoms with van der Waals surface area (Å²) in [6.45, 7) is 6.65. The molecule has 0 radical (unpaired) electrons. The Morgan fingerprint density at radius 2 is 1.68 bits per heavy atom. The number of benzene rings is 2. The summed E-state index contributed by atoms with van der Waals surface area (Å²) >= 11 is 0. The van der Waals surface area contributed by atoms with Crippen LogP contribution in [-0.4, -0.2) is 6.04 Å². The molecule has 0 aromatic heterocycles. The van der Waals surface area contributed by atoms with Gasteiger partial charge in [0.05, 0.1) is 0 Å². The molecule has 2 rings (SSSR count). The molecule has 0 spiro atoms. The lowest BCUT2D eigenvalue weighted by molar-refractivity contribution is 0.301. The zero-order valence-electron chi connectivity index (χ0n) is 12.3. The van der Waals surface area contributed by atoms with Gasteiger partial charge in [0.1, 0.15) is 0 Å². The number of nitrogens with two attached hydrogens (primary N) is 1. The lowest BCUT2D eigenvalue weighted by atomic mass is 9.84. The second kappa shape index (κ2) is 5.75. The van der Waals surface area contributed by atoms with Crippen molar-refractivity contribution in [1.82, 2.24) is 0 Å². The Labute approximate surface area is 116 Å². The third kappa shape index (κ3) is 3.57. The van der Waals surface area contributed by atoms with Crippen LogP contribution in [0.5, 0.6) is 0 Å². The van der Waals surface area contributed by atoms with Crippen molar-refractivity contribution in [3.05, 3.63) is 48.0 Å². The topological polar surface area (TPSA) is 26.0 Å². The summed E-state index contributed by atoms with van der Waals surface area (Å²) in [5.74, 6) is 0. The maximum absolute atomic E-state index is 6.23. The van der Waals surface area contributed by atoms with Gasteiger partial charge in [0.2, 0.25) is 0 Å². The van der Waals surface area contributed by atoms with Crippen molar-refractivity contribution in [2.24, 2.45) is 11.1 Å². The van der Waals surface area contributed by atoms with Gasteiger partial charge in [-0.1, -0.05) is 63.2 Å². The average molecular weight is 255 g/mol. The molecule has 19 heavy (non-hydrogen) atoms. The van der Waals surface area contributed by atoms with Gasteiger partial charge in [-0.3, -0.25) is 0 Å². The summed E-state index contributed by atoms with van der Waals surface area (Å²) in [5.41, 5.74) is 7.88. The highest BCUT2D eigenvalue weighted by Crippen LogP contribution is 2.24. The summed E-state index contributed by atoms with van der Waals surface area (Å²) in [7, 11) is 0. The highest BCUT2D eigenvalue weighted by molar-refractivity contribution is 5.85. The molecule has 0 saturated heterocycles. The van der Waals surface area contributed by atoms with Gasteiger partial charge in [0.25, 0.3) is 0 Å². The Hall–Kier alpha value is -1.34. The summed E-state index contributed by atoms with van der Waals surface area (Å²) in [6.07, 6.45) is 3.37. The van der Waals surface area contributed by atoms with Gasteiger partial charge in [-0.25, -0.2) is 0 Å². The first-order valence-electron chi connectivity index (χ1n) is 7.21. The van der Waals surface area contributed by atoms with Crippen LogP contribution in [-0.2, 0) is 6.42 Å². The molecule has 2 aromatic carbocycles. The van der Waals surface area contributed by atoms with Crippen LogP contribution >= 0.6 is 0 Å². The molecule has 0 aliphatic rings. The van der Waals surface area contributed by atoms with Gasteiger partial charge in [-0.2, -0.15) is 0 Å². The molecule has 0 heterocycles. The minimum absolute atomic E-state index is 0.207. The first-order chi connectivity index (χ1) is 8.98. The minimum Gasteiger partial charge on any atom is -0.327 e. The molecule has 1 atom stereocenters. The molecule has 2 N–H and O–H groups in total. The molecule has 0 aliphatic carbocycles. The molecule has 1 unspecified atom stereocenters. The van der Waals surface area contributed by atoms with Crippen LogP contribution in [0, 0.1) is 5.41 Å². The summed E-state index contributed by atoms with van der Waals surface area (Å²) in [4.78, 5) is 0. The molecule has 0 aliphatic heterocycles. The Bertz CT molecular complexity index is 531. The van der Waals surface area contributed by atoms with Crippen LogP contribution in [0.3, 0.4) is 0 Å². The standard InChI is InChI=1S/C18H25N/c1-18(2,3)17(19)13-7-11-15-10-6-9-14-8-4-5-12-16(14)15/h4-6,8-10,12,17H,7,11,13,19H2,1-3H3. The molecule has 2 aromatic rings. The summed E-state index contributed by atoms with van der Waals surface area (Å²) in [5, 5.41) is 2.72. The van der Waals surface area contributed by atoms with Gasteiger partial charge < -0.3 is 5.73 Å². The highest BCUT2D eigenvalue weighted by Gasteiger charge is 2.19. The predicted octanol–water partition coefficient (Wildman–Crippen LogP) is 4.54. The Balaban J connectivity index is 2.03. The largest absolute Gasteiger partial charge is 0.327 e. The van der Waals surface area contributed by atoms with Crippen LogP contribution in [0.25, 0.3) is 10.8 Å². The van der Waals surface area contributed by atoms with Crippen molar-refractivity contribution in [3.8, 4) is 0 Å². The number of hydrogen-bond acceptors (Lipinski definition) is 1. The van der Waals surface area contributed by atoms with E-state index in [1.807, 2.05) is 0 Å². The first-order valence-corrected chi connectivity index (χ1v) is 7.21. The summed E-state index contributed by atoms with van der Waals surface area (Å²) in [6, 6.07) is 15.5. The van der Waals surface area contributed by atoms with Crippen LogP contribution in [0.1, 0.15) is 39.2 Å². The number of fused-ring (bicyclic) bond motifs is 1. The highest BCUT2D eigenvalue weighted by atomic mass is 14.7. The summed E-state index contributed by atoms with van der Waals surface area (Å²) < 4.78 is 0. The second-order valence-corrected chi connectivity index (χ2v) is 6.50. The van der Waals surface area contributed by atoms with E-state index in [0.29, 0.717) is 0 Å². The zero-order valence-corrected chi connectivity index (χ0v) is 12.3. The van der Waals surface area contributed by atoms with E-state index in [2.05, 4.69) is 63.2 Å². The van der Waals surface area contributed by atoms with E-state index in [0.717, 1.165) is 19.3 Å².